The summed E-state index contributed by atoms with van der Waals surface area (Å²) < 4.78 is 1.98. The lowest BCUT2D eigenvalue weighted by Crippen LogP contribution is -2.04. The maximum atomic E-state index is 5.77. The van der Waals surface area contributed by atoms with Crippen molar-refractivity contribution in [3.63, 3.8) is 0 Å². The van der Waals surface area contributed by atoms with Gasteiger partial charge in [0.15, 0.2) is 0 Å². The van der Waals surface area contributed by atoms with Crippen LogP contribution in [0, 0.1) is 0 Å². The molecule has 3 nitrogen and oxygen atoms in total. The van der Waals surface area contributed by atoms with Crippen LogP contribution in [-0.2, 0) is 13.6 Å². The van der Waals surface area contributed by atoms with Crippen molar-refractivity contribution in [3.05, 3.63) is 41.9 Å². The zero-order valence-electron chi connectivity index (χ0n) is 11.4. The molecule has 96 valence electrons. The second-order valence-corrected chi connectivity index (χ2v) is 4.79. The largest absolute Gasteiger partial charge is 0.336 e. The van der Waals surface area contributed by atoms with Crippen LogP contribution in [0.15, 0.2) is 30.6 Å². The SMILES string of the molecule is CCC(C)c1ccc(-c2ncn(C)c2CN)cc1. The number of hydrogen-bond acceptors (Lipinski definition) is 2. The summed E-state index contributed by atoms with van der Waals surface area (Å²) >= 11 is 0. The van der Waals surface area contributed by atoms with E-state index in [1.165, 1.54) is 5.56 Å². The molecular weight excluding hydrogens is 222 g/mol. The average molecular weight is 243 g/mol. The normalized spacial score (nSPS) is 12.7. The van der Waals surface area contributed by atoms with Crippen LogP contribution in [0.25, 0.3) is 11.3 Å². The first-order valence-corrected chi connectivity index (χ1v) is 6.48. The Morgan fingerprint density at radius 2 is 1.94 bits per heavy atom. The molecule has 0 aliphatic carbocycles. The van der Waals surface area contributed by atoms with Gasteiger partial charge in [-0.25, -0.2) is 4.98 Å². The third-order valence-corrected chi connectivity index (χ3v) is 3.62. The standard InChI is InChI=1S/C15H21N3/c1-4-11(2)12-5-7-13(8-6-12)15-14(9-16)18(3)10-17-15/h5-8,10-11H,4,9,16H2,1-3H3. The molecule has 1 aromatic carbocycles. The molecule has 0 saturated heterocycles. The highest BCUT2D eigenvalue weighted by Crippen LogP contribution is 2.25. The van der Waals surface area contributed by atoms with Gasteiger partial charge in [-0.05, 0) is 17.9 Å². The molecule has 1 atom stereocenters. The highest BCUT2D eigenvalue weighted by atomic mass is 15.0. The Hall–Kier alpha value is -1.61. The van der Waals surface area contributed by atoms with E-state index in [2.05, 4.69) is 43.1 Å². The van der Waals surface area contributed by atoms with E-state index in [4.69, 9.17) is 5.73 Å². The lowest BCUT2D eigenvalue weighted by atomic mass is 9.97. The van der Waals surface area contributed by atoms with Gasteiger partial charge in [0, 0.05) is 19.2 Å². The molecule has 3 heteroatoms. The second kappa shape index (κ2) is 5.36. The fourth-order valence-corrected chi connectivity index (χ4v) is 2.14. The molecule has 0 radical (unpaired) electrons. The molecule has 0 amide bonds. The van der Waals surface area contributed by atoms with Crippen molar-refractivity contribution in [1.82, 2.24) is 9.55 Å². The Kier molecular flexibility index (Phi) is 3.82. The predicted molar refractivity (Wildman–Crippen MR) is 75.2 cm³/mol. The van der Waals surface area contributed by atoms with Gasteiger partial charge in [0.2, 0.25) is 0 Å². The maximum absolute atomic E-state index is 5.77. The Morgan fingerprint density at radius 1 is 1.28 bits per heavy atom. The number of imidazole rings is 1. The highest BCUT2D eigenvalue weighted by molar-refractivity contribution is 5.62. The molecule has 2 rings (SSSR count). The number of rotatable bonds is 4. The van der Waals surface area contributed by atoms with Gasteiger partial charge >= 0.3 is 0 Å². The first-order chi connectivity index (χ1) is 8.67. The molecule has 0 aliphatic heterocycles. The number of nitrogens with zero attached hydrogens (tertiary/aromatic N) is 2. The molecule has 0 saturated carbocycles. The molecular formula is C15H21N3. The van der Waals surface area contributed by atoms with Crippen LogP contribution in [-0.4, -0.2) is 9.55 Å². The van der Waals surface area contributed by atoms with Gasteiger partial charge in [-0.2, -0.15) is 0 Å². The molecule has 0 fully saturated rings. The molecule has 1 aromatic heterocycles. The van der Waals surface area contributed by atoms with E-state index in [-0.39, 0.29) is 0 Å². The van der Waals surface area contributed by atoms with Gasteiger partial charge in [0.1, 0.15) is 0 Å². The minimum Gasteiger partial charge on any atom is -0.336 e. The molecule has 1 unspecified atom stereocenters. The molecule has 1 heterocycles. The Morgan fingerprint density at radius 3 is 2.50 bits per heavy atom. The van der Waals surface area contributed by atoms with Crippen molar-refractivity contribution in [1.29, 1.82) is 0 Å². The van der Waals surface area contributed by atoms with E-state index < -0.39 is 0 Å². The number of aromatic nitrogens is 2. The first kappa shape index (κ1) is 12.8. The van der Waals surface area contributed by atoms with Gasteiger partial charge in [0.25, 0.3) is 0 Å². The van der Waals surface area contributed by atoms with Crippen molar-refractivity contribution < 1.29 is 0 Å². The van der Waals surface area contributed by atoms with Crippen LogP contribution in [0.4, 0.5) is 0 Å². The lowest BCUT2D eigenvalue weighted by Gasteiger charge is -2.09. The van der Waals surface area contributed by atoms with E-state index in [1.807, 2.05) is 17.9 Å². The number of benzene rings is 1. The van der Waals surface area contributed by atoms with Crippen LogP contribution >= 0.6 is 0 Å². The first-order valence-electron chi connectivity index (χ1n) is 6.48. The summed E-state index contributed by atoms with van der Waals surface area (Å²) in [6.07, 6.45) is 2.98. The van der Waals surface area contributed by atoms with Gasteiger partial charge in [0.05, 0.1) is 17.7 Å². The maximum Gasteiger partial charge on any atom is 0.0953 e. The second-order valence-electron chi connectivity index (χ2n) is 4.79. The van der Waals surface area contributed by atoms with Crippen LogP contribution in [0.1, 0.15) is 37.4 Å². The fourth-order valence-electron chi connectivity index (χ4n) is 2.14. The number of aryl methyl sites for hydroxylation is 1. The summed E-state index contributed by atoms with van der Waals surface area (Å²) in [4.78, 5) is 4.43. The average Bonchev–Trinajstić information content (AvgIpc) is 2.79. The van der Waals surface area contributed by atoms with Gasteiger partial charge in [-0.15, -0.1) is 0 Å². The lowest BCUT2D eigenvalue weighted by molar-refractivity contribution is 0.734. The van der Waals surface area contributed by atoms with E-state index in [0.717, 1.165) is 23.4 Å². The molecule has 18 heavy (non-hydrogen) atoms. The van der Waals surface area contributed by atoms with E-state index in [1.54, 1.807) is 0 Å². The minimum absolute atomic E-state index is 0.513. The van der Waals surface area contributed by atoms with Crippen LogP contribution in [0.5, 0.6) is 0 Å². The minimum atomic E-state index is 0.513. The molecule has 2 aromatic rings. The van der Waals surface area contributed by atoms with Crippen LogP contribution < -0.4 is 5.73 Å². The zero-order chi connectivity index (χ0) is 13.1. The molecule has 0 aliphatic rings. The summed E-state index contributed by atoms with van der Waals surface area (Å²) in [6, 6.07) is 8.67. The van der Waals surface area contributed by atoms with Crippen molar-refractivity contribution in [2.24, 2.45) is 12.8 Å². The van der Waals surface area contributed by atoms with Gasteiger partial charge in [-0.3, -0.25) is 0 Å². The molecule has 0 bridgehead atoms. The summed E-state index contributed by atoms with van der Waals surface area (Å²) in [6.45, 7) is 4.98. The van der Waals surface area contributed by atoms with Crippen LogP contribution in [0.3, 0.4) is 0 Å². The van der Waals surface area contributed by atoms with Crippen molar-refractivity contribution in [2.45, 2.75) is 32.7 Å². The van der Waals surface area contributed by atoms with Crippen LogP contribution in [0.2, 0.25) is 0 Å². The number of nitrogens with two attached hydrogens (primary N) is 1. The Labute approximate surface area is 109 Å². The summed E-state index contributed by atoms with van der Waals surface area (Å²) in [5.41, 5.74) is 10.4. The van der Waals surface area contributed by atoms with E-state index in [0.29, 0.717) is 12.5 Å². The van der Waals surface area contributed by atoms with Crippen molar-refractivity contribution >= 4 is 0 Å². The van der Waals surface area contributed by atoms with Crippen molar-refractivity contribution in [3.8, 4) is 11.3 Å². The smallest absolute Gasteiger partial charge is 0.0953 e. The molecule has 0 spiro atoms. The van der Waals surface area contributed by atoms with Gasteiger partial charge < -0.3 is 10.3 Å². The summed E-state index contributed by atoms with van der Waals surface area (Å²) in [5.74, 6) is 0.608. The van der Waals surface area contributed by atoms with Crippen molar-refractivity contribution in [2.75, 3.05) is 0 Å². The zero-order valence-corrected chi connectivity index (χ0v) is 11.4. The summed E-state index contributed by atoms with van der Waals surface area (Å²) in [5, 5.41) is 0. The fraction of sp³-hybridized carbons (Fsp3) is 0.400. The number of hydrogen-bond donors (Lipinski definition) is 1. The molecule has 2 N–H and O–H groups in total. The van der Waals surface area contributed by atoms with Gasteiger partial charge in [-0.1, -0.05) is 38.1 Å². The Bertz CT molecular complexity index is 511. The highest BCUT2D eigenvalue weighted by Gasteiger charge is 2.10. The Balaban J connectivity index is 2.34. The monoisotopic (exact) mass is 243 g/mol. The third-order valence-electron chi connectivity index (χ3n) is 3.62. The third kappa shape index (κ3) is 2.31. The predicted octanol–water partition coefficient (Wildman–Crippen LogP) is 3.06. The summed E-state index contributed by atoms with van der Waals surface area (Å²) in [7, 11) is 1.98. The van der Waals surface area contributed by atoms with E-state index >= 15 is 0 Å². The topological polar surface area (TPSA) is 43.8 Å². The quantitative estimate of drug-likeness (QED) is 0.897. The van der Waals surface area contributed by atoms with E-state index in [9.17, 15) is 0 Å².